The lowest BCUT2D eigenvalue weighted by Crippen LogP contribution is -2.74. The molecule has 2 fully saturated rings. The van der Waals surface area contributed by atoms with Crippen LogP contribution in [0.25, 0.3) is 0 Å². The molecule has 9 nitrogen and oxygen atoms in total. The molecule has 206 valence electrons. The van der Waals surface area contributed by atoms with Gasteiger partial charge in [-0.2, -0.15) is 13.2 Å². The molecule has 0 bridgehead atoms. The van der Waals surface area contributed by atoms with Crippen molar-refractivity contribution in [3.05, 3.63) is 83.4 Å². The Morgan fingerprint density at radius 3 is 2.51 bits per heavy atom. The Labute approximate surface area is 221 Å². The molecule has 2 aliphatic heterocycles. The minimum atomic E-state index is -4.57. The number of allylic oxidation sites excluding steroid dienone is 1. The van der Waals surface area contributed by atoms with E-state index in [0.717, 1.165) is 22.6 Å². The predicted octanol–water partition coefficient (Wildman–Crippen LogP) is 3.51. The number of halogens is 3. The van der Waals surface area contributed by atoms with Crippen molar-refractivity contribution in [3.63, 3.8) is 0 Å². The number of alkyl halides is 3. The van der Waals surface area contributed by atoms with Crippen molar-refractivity contribution in [2.75, 3.05) is 6.61 Å². The fraction of sp³-hybridized carbons (Fsp3) is 0.333. The van der Waals surface area contributed by atoms with E-state index in [4.69, 9.17) is 4.74 Å². The summed E-state index contributed by atoms with van der Waals surface area (Å²) in [5.41, 5.74) is 0.000963. The first kappa shape index (κ1) is 27.7. The molecule has 0 saturated carbocycles. The number of nitrogens with one attached hydrogen (secondary N) is 1. The second-order valence-electron chi connectivity index (χ2n) is 9.15. The van der Waals surface area contributed by atoms with Gasteiger partial charge < -0.3 is 20.1 Å². The van der Waals surface area contributed by atoms with Gasteiger partial charge >= 0.3 is 18.2 Å². The summed E-state index contributed by atoms with van der Waals surface area (Å²) in [6, 6.07) is 9.42. The number of carbonyl (C=O) groups is 4. The number of carbonyl (C=O) groups excluding carboxylic acids is 3. The van der Waals surface area contributed by atoms with Crippen molar-refractivity contribution >= 4 is 23.9 Å². The second-order valence-corrected chi connectivity index (χ2v) is 9.15. The maximum Gasteiger partial charge on any atom is 0.416 e. The van der Waals surface area contributed by atoms with Crippen molar-refractivity contribution < 1.29 is 42.2 Å². The molecule has 3 amide bonds. The molecule has 12 heteroatoms. The van der Waals surface area contributed by atoms with Crippen LogP contribution in [0.4, 0.5) is 18.0 Å². The first-order valence-electron chi connectivity index (χ1n) is 12.1. The van der Waals surface area contributed by atoms with Crippen LogP contribution in [0.15, 0.2) is 66.7 Å². The van der Waals surface area contributed by atoms with E-state index in [1.807, 2.05) is 0 Å². The van der Waals surface area contributed by atoms with Gasteiger partial charge in [-0.25, -0.2) is 4.79 Å². The third kappa shape index (κ3) is 5.74. The minimum absolute atomic E-state index is 0.0191. The quantitative estimate of drug-likeness (QED) is 0.368. The molecule has 39 heavy (non-hydrogen) atoms. The van der Waals surface area contributed by atoms with E-state index in [9.17, 15) is 37.5 Å². The standard InChI is InChI=1S/C27H26F3N3O6/c1-2-7-19-23(33-21(15-39-26(33)38)17-9-4-3-5-10-17)25(37)32(19)20(13-22(34)35)24(36)31-14-16-8-6-11-18(12-16)27(28,29)30/h2-12,19-21,23H,13-15H2,1H3,(H,31,36)(H,34,35)/t19-,20?,21-,23+/m1/s1. The number of aliphatic carboxylic acids is 1. The molecular formula is C27H26F3N3O6. The maximum absolute atomic E-state index is 13.5. The van der Waals surface area contributed by atoms with Gasteiger partial charge in [-0.1, -0.05) is 54.6 Å². The van der Waals surface area contributed by atoms with Gasteiger partial charge in [0, 0.05) is 6.54 Å². The van der Waals surface area contributed by atoms with Crippen LogP contribution in [-0.4, -0.2) is 63.5 Å². The van der Waals surface area contributed by atoms with Gasteiger partial charge in [0.25, 0.3) is 0 Å². The van der Waals surface area contributed by atoms with Crippen LogP contribution in [0.1, 0.15) is 36.1 Å². The number of cyclic esters (lactones) is 1. The summed E-state index contributed by atoms with van der Waals surface area (Å²) >= 11 is 0. The zero-order chi connectivity index (χ0) is 28.3. The van der Waals surface area contributed by atoms with Gasteiger partial charge in [0.2, 0.25) is 11.8 Å². The molecule has 2 saturated heterocycles. The van der Waals surface area contributed by atoms with Crippen molar-refractivity contribution in [1.29, 1.82) is 0 Å². The van der Waals surface area contributed by atoms with E-state index in [0.29, 0.717) is 0 Å². The number of carboxylic acids is 1. The number of benzene rings is 2. The summed E-state index contributed by atoms with van der Waals surface area (Å²) < 4.78 is 44.4. The number of amides is 3. The fourth-order valence-corrected chi connectivity index (χ4v) is 4.87. The van der Waals surface area contributed by atoms with Gasteiger partial charge in [-0.05, 0) is 30.2 Å². The number of β-lactam (4-membered cyclic amide) rings is 1. The van der Waals surface area contributed by atoms with Gasteiger partial charge in [-0.15, -0.1) is 0 Å². The van der Waals surface area contributed by atoms with Crippen LogP contribution in [0.2, 0.25) is 0 Å². The molecule has 0 aromatic heterocycles. The van der Waals surface area contributed by atoms with Gasteiger partial charge in [0.1, 0.15) is 18.7 Å². The Kier molecular flexibility index (Phi) is 7.93. The largest absolute Gasteiger partial charge is 0.481 e. The highest BCUT2D eigenvalue weighted by molar-refractivity contribution is 5.99. The predicted molar refractivity (Wildman–Crippen MR) is 131 cm³/mol. The normalized spacial score (nSPS) is 22.0. The lowest BCUT2D eigenvalue weighted by atomic mass is 9.88. The Balaban J connectivity index is 1.56. The summed E-state index contributed by atoms with van der Waals surface area (Å²) in [6.07, 6.45) is -2.81. The molecule has 0 radical (unpaired) electrons. The van der Waals surface area contributed by atoms with Crippen molar-refractivity contribution in [3.8, 4) is 0 Å². The molecule has 1 unspecified atom stereocenters. The van der Waals surface area contributed by atoms with Crippen LogP contribution >= 0.6 is 0 Å². The first-order chi connectivity index (χ1) is 18.5. The highest BCUT2D eigenvalue weighted by atomic mass is 19.4. The molecular weight excluding hydrogens is 519 g/mol. The molecule has 2 heterocycles. The second kappa shape index (κ2) is 11.2. The van der Waals surface area contributed by atoms with E-state index < -0.39 is 66.2 Å². The fourth-order valence-electron chi connectivity index (χ4n) is 4.87. The Hall–Kier alpha value is -4.35. The van der Waals surface area contributed by atoms with Crippen LogP contribution in [0, 0.1) is 0 Å². The summed E-state index contributed by atoms with van der Waals surface area (Å²) in [5.74, 6) is -2.84. The Morgan fingerprint density at radius 2 is 1.87 bits per heavy atom. The summed E-state index contributed by atoms with van der Waals surface area (Å²) in [5, 5.41) is 11.9. The number of hydrogen-bond acceptors (Lipinski definition) is 5. The highest BCUT2D eigenvalue weighted by Gasteiger charge is 2.58. The van der Waals surface area contributed by atoms with Crippen molar-refractivity contribution in [2.45, 2.75) is 50.2 Å². The number of likely N-dealkylation sites (tertiary alicyclic amines) is 1. The Morgan fingerprint density at radius 1 is 1.15 bits per heavy atom. The number of carboxylic acid groups (broad SMARTS) is 1. The third-order valence-corrected chi connectivity index (χ3v) is 6.66. The molecule has 0 aliphatic carbocycles. The van der Waals surface area contributed by atoms with Gasteiger partial charge in [0.15, 0.2) is 0 Å². The molecule has 2 N–H and O–H groups in total. The van der Waals surface area contributed by atoms with E-state index in [-0.39, 0.29) is 18.7 Å². The summed E-state index contributed by atoms with van der Waals surface area (Å²) in [7, 11) is 0. The summed E-state index contributed by atoms with van der Waals surface area (Å²) in [4.78, 5) is 53.3. The monoisotopic (exact) mass is 545 g/mol. The molecule has 2 aromatic carbocycles. The lowest BCUT2D eigenvalue weighted by Gasteiger charge is -2.52. The number of rotatable bonds is 9. The van der Waals surface area contributed by atoms with Gasteiger partial charge in [0.05, 0.1) is 24.1 Å². The molecule has 4 atom stereocenters. The van der Waals surface area contributed by atoms with E-state index in [1.54, 1.807) is 49.4 Å². The van der Waals surface area contributed by atoms with Gasteiger partial charge in [-0.3, -0.25) is 19.3 Å². The highest BCUT2D eigenvalue weighted by Crippen LogP contribution is 2.38. The zero-order valence-electron chi connectivity index (χ0n) is 20.8. The topological polar surface area (TPSA) is 116 Å². The van der Waals surface area contributed by atoms with Crippen LogP contribution in [0.5, 0.6) is 0 Å². The van der Waals surface area contributed by atoms with Crippen LogP contribution in [0.3, 0.4) is 0 Å². The van der Waals surface area contributed by atoms with E-state index >= 15 is 0 Å². The third-order valence-electron chi connectivity index (χ3n) is 6.66. The molecule has 4 rings (SSSR count). The number of ether oxygens (including phenoxy) is 1. The van der Waals surface area contributed by atoms with Crippen LogP contribution in [-0.2, 0) is 31.8 Å². The maximum atomic E-state index is 13.5. The first-order valence-corrected chi connectivity index (χ1v) is 12.1. The van der Waals surface area contributed by atoms with Crippen LogP contribution < -0.4 is 5.32 Å². The zero-order valence-corrected chi connectivity index (χ0v) is 20.8. The molecule has 0 spiro atoms. The molecule has 2 aromatic rings. The average Bonchev–Trinajstić information content (AvgIpc) is 3.27. The minimum Gasteiger partial charge on any atom is -0.481 e. The lowest BCUT2D eigenvalue weighted by molar-refractivity contribution is -0.165. The number of nitrogens with zero attached hydrogens (tertiary/aromatic N) is 2. The number of hydrogen-bond donors (Lipinski definition) is 2. The van der Waals surface area contributed by atoms with E-state index in [1.165, 1.54) is 17.0 Å². The SMILES string of the molecule is CC=C[C@@H]1[C@H](N2C(=O)OC[C@@H]2c2ccccc2)C(=O)N1C(CC(=O)O)C(=O)NCc1cccc(C(F)(F)F)c1. The van der Waals surface area contributed by atoms with E-state index in [2.05, 4.69) is 5.32 Å². The summed E-state index contributed by atoms with van der Waals surface area (Å²) in [6.45, 7) is 1.38. The Bertz CT molecular complexity index is 1280. The molecule has 2 aliphatic rings. The van der Waals surface area contributed by atoms with Crippen molar-refractivity contribution in [2.24, 2.45) is 0 Å². The average molecular weight is 546 g/mol. The smallest absolute Gasteiger partial charge is 0.416 e. The van der Waals surface area contributed by atoms with Crippen molar-refractivity contribution in [1.82, 2.24) is 15.1 Å².